The number of aromatic nitrogens is 1. The minimum atomic E-state index is 0.272. The number of morpholine rings is 1. The lowest BCUT2D eigenvalue weighted by Crippen LogP contribution is -2.45. The largest absolute Gasteiger partial charge is 0.372 e. The molecule has 96 valence electrons. The molecule has 0 aliphatic carbocycles. The lowest BCUT2D eigenvalue weighted by molar-refractivity contribution is -0.00523. The van der Waals surface area contributed by atoms with E-state index < -0.39 is 0 Å². The van der Waals surface area contributed by atoms with Gasteiger partial charge in [-0.15, -0.1) is 11.3 Å². The van der Waals surface area contributed by atoms with Crippen LogP contribution in [0.25, 0.3) is 0 Å². The van der Waals surface area contributed by atoms with E-state index in [4.69, 9.17) is 15.5 Å². The molecule has 1 fully saturated rings. The highest BCUT2D eigenvalue weighted by Crippen LogP contribution is 2.28. The molecule has 0 radical (unpaired) electrons. The zero-order valence-electron chi connectivity index (χ0n) is 10.8. The number of nitrogens with two attached hydrogens (primary N) is 1. The van der Waals surface area contributed by atoms with E-state index in [1.54, 1.807) is 11.3 Å². The van der Waals surface area contributed by atoms with Crippen molar-refractivity contribution in [3.8, 4) is 0 Å². The van der Waals surface area contributed by atoms with Crippen molar-refractivity contribution in [2.75, 3.05) is 18.0 Å². The van der Waals surface area contributed by atoms with E-state index in [2.05, 4.69) is 25.7 Å². The number of anilines is 1. The van der Waals surface area contributed by atoms with Gasteiger partial charge in [-0.3, -0.25) is 0 Å². The van der Waals surface area contributed by atoms with Crippen LogP contribution in [-0.2, 0) is 17.7 Å². The highest BCUT2D eigenvalue weighted by atomic mass is 32.1. The van der Waals surface area contributed by atoms with Crippen LogP contribution in [0.2, 0.25) is 0 Å². The van der Waals surface area contributed by atoms with Gasteiger partial charge in [0.05, 0.1) is 17.9 Å². The average Bonchev–Trinajstić information content (AvgIpc) is 2.70. The summed E-state index contributed by atoms with van der Waals surface area (Å²) in [7, 11) is 0. The van der Waals surface area contributed by atoms with Gasteiger partial charge in [-0.1, -0.05) is 6.92 Å². The van der Waals surface area contributed by atoms with Gasteiger partial charge in [-0.25, -0.2) is 4.98 Å². The Morgan fingerprint density at radius 2 is 2.06 bits per heavy atom. The first-order valence-corrected chi connectivity index (χ1v) is 7.04. The normalized spacial score (nSPS) is 25.3. The summed E-state index contributed by atoms with van der Waals surface area (Å²) in [5, 5.41) is 1.10. The molecule has 1 aliphatic rings. The molecule has 0 spiro atoms. The van der Waals surface area contributed by atoms with Gasteiger partial charge in [0.15, 0.2) is 5.13 Å². The van der Waals surface area contributed by atoms with Gasteiger partial charge in [0.1, 0.15) is 0 Å². The summed E-state index contributed by atoms with van der Waals surface area (Å²) < 4.78 is 5.74. The number of rotatable bonds is 3. The number of ether oxygens (including phenoxy) is 1. The van der Waals surface area contributed by atoms with Gasteiger partial charge in [0.2, 0.25) is 0 Å². The summed E-state index contributed by atoms with van der Waals surface area (Å²) in [6.45, 7) is 8.79. The summed E-state index contributed by atoms with van der Waals surface area (Å²) in [6.07, 6.45) is 1.50. The Balaban J connectivity index is 2.18. The Labute approximate surface area is 107 Å². The molecule has 5 heteroatoms. The first-order chi connectivity index (χ1) is 8.13. The molecule has 0 unspecified atom stereocenters. The van der Waals surface area contributed by atoms with Crippen molar-refractivity contribution in [1.82, 2.24) is 4.98 Å². The Morgan fingerprint density at radius 1 is 1.41 bits per heavy atom. The van der Waals surface area contributed by atoms with Crippen molar-refractivity contribution in [2.45, 2.75) is 45.9 Å². The van der Waals surface area contributed by atoms with Crippen molar-refractivity contribution in [1.29, 1.82) is 0 Å². The Kier molecular flexibility index (Phi) is 4.01. The zero-order chi connectivity index (χ0) is 12.4. The van der Waals surface area contributed by atoms with Crippen LogP contribution >= 0.6 is 11.3 Å². The van der Waals surface area contributed by atoms with Crippen LogP contribution in [0.1, 0.15) is 31.3 Å². The Bertz CT molecular complexity index is 348. The van der Waals surface area contributed by atoms with E-state index >= 15 is 0 Å². The predicted molar refractivity (Wildman–Crippen MR) is 71.6 cm³/mol. The number of nitrogens with zero attached hydrogens (tertiary/aromatic N) is 2. The highest BCUT2D eigenvalue weighted by Gasteiger charge is 2.25. The molecule has 2 atom stereocenters. The number of hydrogen-bond donors (Lipinski definition) is 1. The van der Waals surface area contributed by atoms with Crippen LogP contribution in [0.5, 0.6) is 0 Å². The quantitative estimate of drug-likeness (QED) is 0.894. The van der Waals surface area contributed by atoms with Crippen LogP contribution < -0.4 is 10.6 Å². The third-order valence-corrected chi connectivity index (χ3v) is 4.16. The van der Waals surface area contributed by atoms with E-state index in [1.165, 1.54) is 4.88 Å². The molecular weight excluding hydrogens is 234 g/mol. The van der Waals surface area contributed by atoms with Gasteiger partial charge in [-0.05, 0) is 20.3 Å². The second kappa shape index (κ2) is 5.33. The monoisotopic (exact) mass is 255 g/mol. The SMILES string of the molecule is CCc1nc(N2C[C@@H](C)O[C@@H](C)C2)sc1CN. The van der Waals surface area contributed by atoms with Gasteiger partial charge in [0, 0.05) is 24.5 Å². The summed E-state index contributed by atoms with van der Waals surface area (Å²) in [4.78, 5) is 8.24. The maximum atomic E-state index is 5.75. The molecular formula is C12H21N3OS. The molecule has 17 heavy (non-hydrogen) atoms. The fourth-order valence-electron chi connectivity index (χ4n) is 2.27. The summed E-state index contributed by atoms with van der Waals surface area (Å²) in [5.41, 5.74) is 6.90. The van der Waals surface area contributed by atoms with Crippen LogP contribution in [0, 0.1) is 0 Å². The van der Waals surface area contributed by atoms with E-state index in [0.717, 1.165) is 30.3 Å². The second-order valence-electron chi connectivity index (χ2n) is 4.59. The van der Waals surface area contributed by atoms with Crippen molar-refractivity contribution in [3.05, 3.63) is 10.6 Å². The molecule has 2 heterocycles. The van der Waals surface area contributed by atoms with Crippen LogP contribution in [0.3, 0.4) is 0 Å². The van der Waals surface area contributed by atoms with Gasteiger partial charge >= 0.3 is 0 Å². The molecule has 1 aromatic rings. The van der Waals surface area contributed by atoms with Crippen LogP contribution in [-0.4, -0.2) is 30.3 Å². The van der Waals surface area contributed by atoms with Crippen LogP contribution in [0.15, 0.2) is 0 Å². The first kappa shape index (κ1) is 12.8. The summed E-state index contributed by atoms with van der Waals surface area (Å²) >= 11 is 1.73. The minimum absolute atomic E-state index is 0.272. The topological polar surface area (TPSA) is 51.4 Å². The van der Waals surface area contributed by atoms with Gasteiger partial charge in [0.25, 0.3) is 0 Å². The highest BCUT2D eigenvalue weighted by molar-refractivity contribution is 7.15. The zero-order valence-corrected chi connectivity index (χ0v) is 11.6. The Morgan fingerprint density at radius 3 is 2.53 bits per heavy atom. The molecule has 1 saturated heterocycles. The van der Waals surface area contributed by atoms with E-state index in [1.807, 2.05) is 0 Å². The van der Waals surface area contributed by atoms with Crippen molar-refractivity contribution >= 4 is 16.5 Å². The molecule has 0 saturated carbocycles. The molecule has 2 N–H and O–H groups in total. The number of aryl methyl sites for hydroxylation is 1. The van der Waals surface area contributed by atoms with Crippen molar-refractivity contribution < 1.29 is 4.74 Å². The number of thiazole rings is 1. The van der Waals surface area contributed by atoms with E-state index in [9.17, 15) is 0 Å². The van der Waals surface area contributed by atoms with E-state index in [0.29, 0.717) is 6.54 Å². The molecule has 1 aromatic heterocycles. The lowest BCUT2D eigenvalue weighted by atomic mass is 10.2. The molecule has 0 amide bonds. The molecule has 0 bridgehead atoms. The molecule has 1 aliphatic heterocycles. The Hall–Kier alpha value is -0.650. The maximum Gasteiger partial charge on any atom is 0.186 e. The minimum Gasteiger partial charge on any atom is -0.372 e. The fourth-order valence-corrected chi connectivity index (χ4v) is 3.32. The lowest BCUT2D eigenvalue weighted by Gasteiger charge is -2.35. The van der Waals surface area contributed by atoms with Gasteiger partial charge < -0.3 is 15.4 Å². The van der Waals surface area contributed by atoms with Crippen molar-refractivity contribution in [2.24, 2.45) is 5.73 Å². The molecule has 4 nitrogen and oxygen atoms in total. The maximum absolute atomic E-state index is 5.75. The van der Waals surface area contributed by atoms with Crippen LogP contribution in [0.4, 0.5) is 5.13 Å². The smallest absolute Gasteiger partial charge is 0.186 e. The second-order valence-corrected chi connectivity index (χ2v) is 5.65. The standard InChI is InChI=1S/C12H21N3OS/c1-4-10-11(5-13)17-12(14-10)15-6-8(2)16-9(3)7-15/h8-9H,4-7,13H2,1-3H3/t8-,9+. The molecule has 0 aromatic carbocycles. The summed E-state index contributed by atoms with van der Waals surface area (Å²) in [5.74, 6) is 0. The fraction of sp³-hybridized carbons (Fsp3) is 0.750. The summed E-state index contributed by atoms with van der Waals surface area (Å²) in [6, 6.07) is 0. The average molecular weight is 255 g/mol. The molecule has 2 rings (SSSR count). The third-order valence-electron chi connectivity index (χ3n) is 2.98. The van der Waals surface area contributed by atoms with Crippen molar-refractivity contribution in [3.63, 3.8) is 0 Å². The predicted octanol–water partition coefficient (Wildman–Crippen LogP) is 1.78. The first-order valence-electron chi connectivity index (χ1n) is 6.23. The third kappa shape index (κ3) is 2.78. The number of hydrogen-bond acceptors (Lipinski definition) is 5. The van der Waals surface area contributed by atoms with Gasteiger partial charge in [-0.2, -0.15) is 0 Å². The van der Waals surface area contributed by atoms with E-state index in [-0.39, 0.29) is 12.2 Å².